The van der Waals surface area contributed by atoms with Crippen LogP contribution in [0.5, 0.6) is 0 Å². The number of hydrogen-bond acceptors (Lipinski definition) is 3. The number of aliphatic hydroxyl groups is 1. The third-order valence-corrected chi connectivity index (χ3v) is 6.48. The van der Waals surface area contributed by atoms with E-state index in [1.165, 1.54) is 27.2 Å². The van der Waals surface area contributed by atoms with Gasteiger partial charge in [0.15, 0.2) is 0 Å². The predicted octanol–water partition coefficient (Wildman–Crippen LogP) is 5.20. The summed E-state index contributed by atoms with van der Waals surface area (Å²) >= 11 is 0. The normalized spacial score (nSPS) is 22.6. The molecule has 2 aliphatic rings. The molecule has 1 N–H and O–H groups in total. The molecule has 4 nitrogen and oxygen atoms in total. The lowest BCUT2D eigenvalue weighted by molar-refractivity contribution is -0.0557. The van der Waals surface area contributed by atoms with Crippen molar-refractivity contribution in [1.29, 1.82) is 0 Å². The summed E-state index contributed by atoms with van der Waals surface area (Å²) in [6.45, 7) is 4.99. The molecule has 0 radical (unpaired) electrons. The first-order valence-electron chi connectivity index (χ1n) is 10.6. The fourth-order valence-electron chi connectivity index (χ4n) is 5.31. The zero-order valence-electron chi connectivity index (χ0n) is 17.6. The van der Waals surface area contributed by atoms with Crippen molar-refractivity contribution in [3.63, 3.8) is 0 Å². The van der Waals surface area contributed by atoms with Crippen LogP contribution in [-0.2, 0) is 4.74 Å². The van der Waals surface area contributed by atoms with E-state index in [2.05, 4.69) is 38.1 Å². The maximum absolute atomic E-state index is 12.7. The third kappa shape index (κ3) is 4.04. The van der Waals surface area contributed by atoms with Crippen molar-refractivity contribution in [2.24, 2.45) is 5.41 Å². The van der Waals surface area contributed by atoms with Gasteiger partial charge in [0.1, 0.15) is 6.61 Å². The molecule has 2 aromatic carbocycles. The number of ether oxygens (including phenoxy) is 1. The Morgan fingerprint density at radius 2 is 1.66 bits per heavy atom. The third-order valence-electron chi connectivity index (χ3n) is 6.48. The molecular weight excluding hydrogens is 362 g/mol. The Bertz CT molecular complexity index is 861. The lowest BCUT2D eigenvalue weighted by atomic mass is 9.69. The van der Waals surface area contributed by atoms with E-state index in [-0.39, 0.29) is 17.4 Å². The molecule has 4 heteroatoms. The van der Waals surface area contributed by atoms with Crippen molar-refractivity contribution in [2.45, 2.75) is 51.0 Å². The summed E-state index contributed by atoms with van der Waals surface area (Å²) in [4.78, 5) is 14.2. The molecule has 0 heterocycles. The van der Waals surface area contributed by atoms with Gasteiger partial charge in [-0.3, -0.25) is 0 Å². The van der Waals surface area contributed by atoms with E-state index in [0.29, 0.717) is 19.6 Å². The maximum atomic E-state index is 12.7. The van der Waals surface area contributed by atoms with Gasteiger partial charge in [0.25, 0.3) is 0 Å². The fourth-order valence-corrected chi connectivity index (χ4v) is 5.31. The second kappa shape index (κ2) is 7.49. The highest BCUT2D eigenvalue weighted by atomic mass is 16.6. The molecule has 1 saturated carbocycles. The first-order chi connectivity index (χ1) is 13.8. The van der Waals surface area contributed by atoms with E-state index >= 15 is 0 Å². The quantitative estimate of drug-likeness (QED) is 0.777. The Balaban J connectivity index is 1.42. The van der Waals surface area contributed by atoms with Crippen LogP contribution >= 0.6 is 0 Å². The Morgan fingerprint density at radius 1 is 1.07 bits per heavy atom. The molecule has 1 atom stereocenters. The van der Waals surface area contributed by atoms with Crippen LogP contribution in [0.25, 0.3) is 11.1 Å². The van der Waals surface area contributed by atoms with Gasteiger partial charge in [0.2, 0.25) is 0 Å². The zero-order valence-corrected chi connectivity index (χ0v) is 17.6. The number of nitrogens with zero attached hydrogens (tertiary/aromatic N) is 1. The summed E-state index contributed by atoms with van der Waals surface area (Å²) in [7, 11) is 1.72. The SMILES string of the molecule is CN(CC1(O)CCCC(C)(C)C1)C(=O)OCC1c2ccccc2-c2ccccc21. The minimum Gasteiger partial charge on any atom is -0.448 e. The number of amides is 1. The van der Waals surface area contributed by atoms with Crippen LogP contribution in [0.2, 0.25) is 0 Å². The van der Waals surface area contributed by atoms with Gasteiger partial charge >= 0.3 is 6.09 Å². The molecule has 154 valence electrons. The molecular formula is C25H31NO3. The minimum absolute atomic E-state index is 0.0523. The molecule has 0 saturated heterocycles. The van der Waals surface area contributed by atoms with Crippen LogP contribution in [0.4, 0.5) is 4.79 Å². The molecule has 29 heavy (non-hydrogen) atoms. The van der Waals surface area contributed by atoms with Crippen LogP contribution in [0.15, 0.2) is 48.5 Å². The zero-order chi connectivity index (χ0) is 20.6. The molecule has 0 bridgehead atoms. The fraction of sp³-hybridized carbons (Fsp3) is 0.480. The first-order valence-corrected chi connectivity index (χ1v) is 10.6. The molecule has 0 spiro atoms. The largest absolute Gasteiger partial charge is 0.448 e. The van der Waals surface area contributed by atoms with E-state index in [0.717, 1.165) is 19.3 Å². The summed E-state index contributed by atoms with van der Waals surface area (Å²) in [6.07, 6.45) is 3.17. The van der Waals surface area contributed by atoms with Gasteiger partial charge in [0, 0.05) is 13.0 Å². The van der Waals surface area contributed by atoms with Crippen molar-refractivity contribution in [2.75, 3.05) is 20.2 Å². The summed E-state index contributed by atoms with van der Waals surface area (Å²) in [5, 5.41) is 11.0. The Kier molecular flexibility index (Phi) is 5.16. The van der Waals surface area contributed by atoms with Gasteiger partial charge < -0.3 is 14.7 Å². The van der Waals surface area contributed by atoms with Crippen molar-refractivity contribution >= 4 is 6.09 Å². The number of rotatable bonds is 4. The lowest BCUT2D eigenvalue weighted by Crippen LogP contribution is -2.48. The van der Waals surface area contributed by atoms with Crippen LogP contribution in [0.1, 0.15) is 56.6 Å². The van der Waals surface area contributed by atoms with Crippen molar-refractivity contribution < 1.29 is 14.6 Å². The van der Waals surface area contributed by atoms with Crippen LogP contribution in [0, 0.1) is 5.41 Å². The molecule has 4 rings (SSSR count). The number of carbonyl (C=O) groups is 1. The number of fused-ring (bicyclic) bond motifs is 3. The van der Waals surface area contributed by atoms with Gasteiger partial charge in [0.05, 0.1) is 12.1 Å². The number of benzene rings is 2. The van der Waals surface area contributed by atoms with Crippen LogP contribution in [-0.4, -0.2) is 41.9 Å². The molecule has 0 aliphatic heterocycles. The van der Waals surface area contributed by atoms with E-state index in [1.807, 2.05) is 24.3 Å². The second-order valence-corrected chi connectivity index (χ2v) is 9.58. The number of likely N-dealkylation sites (N-methyl/N-ethyl adjacent to an activating group) is 1. The van der Waals surface area contributed by atoms with Gasteiger partial charge in [-0.2, -0.15) is 0 Å². The van der Waals surface area contributed by atoms with Crippen molar-refractivity contribution in [1.82, 2.24) is 4.90 Å². The minimum atomic E-state index is -0.831. The summed E-state index contributed by atoms with van der Waals surface area (Å²) in [5.41, 5.74) is 4.12. The highest BCUT2D eigenvalue weighted by Gasteiger charge is 2.40. The van der Waals surface area contributed by atoms with Crippen LogP contribution < -0.4 is 0 Å². The molecule has 1 amide bonds. The number of hydrogen-bond donors (Lipinski definition) is 1. The summed E-state index contributed by atoms with van der Waals surface area (Å²) in [5.74, 6) is 0.0523. The Morgan fingerprint density at radius 3 is 2.24 bits per heavy atom. The smallest absolute Gasteiger partial charge is 0.409 e. The Hall–Kier alpha value is -2.33. The predicted molar refractivity (Wildman–Crippen MR) is 115 cm³/mol. The average molecular weight is 394 g/mol. The monoisotopic (exact) mass is 393 g/mol. The molecule has 1 fully saturated rings. The molecule has 2 aliphatic carbocycles. The topological polar surface area (TPSA) is 49.8 Å². The van der Waals surface area contributed by atoms with Crippen LogP contribution in [0.3, 0.4) is 0 Å². The van der Waals surface area contributed by atoms with E-state index in [9.17, 15) is 9.90 Å². The highest BCUT2D eigenvalue weighted by Crippen LogP contribution is 2.45. The van der Waals surface area contributed by atoms with Gasteiger partial charge in [-0.05, 0) is 53.4 Å². The first kappa shape index (κ1) is 20.0. The van der Waals surface area contributed by atoms with Crippen molar-refractivity contribution in [3.8, 4) is 11.1 Å². The summed E-state index contributed by atoms with van der Waals surface area (Å²) < 4.78 is 5.72. The standard InChI is InChI=1S/C25H31NO3/c1-24(2)13-8-14-25(28,16-24)17-26(3)23(27)29-15-22-20-11-6-4-9-18(20)19-10-5-7-12-21(19)22/h4-7,9-12,22,28H,8,13-17H2,1-3H3. The second-order valence-electron chi connectivity index (χ2n) is 9.58. The lowest BCUT2D eigenvalue weighted by Gasteiger charge is -2.43. The maximum Gasteiger partial charge on any atom is 0.409 e. The van der Waals surface area contributed by atoms with Gasteiger partial charge in [-0.1, -0.05) is 62.4 Å². The van der Waals surface area contributed by atoms with E-state index < -0.39 is 5.60 Å². The van der Waals surface area contributed by atoms with Gasteiger partial charge in [-0.15, -0.1) is 0 Å². The summed E-state index contributed by atoms with van der Waals surface area (Å²) in [6, 6.07) is 16.6. The van der Waals surface area contributed by atoms with E-state index in [1.54, 1.807) is 7.05 Å². The average Bonchev–Trinajstić information content (AvgIpc) is 2.98. The van der Waals surface area contributed by atoms with E-state index in [4.69, 9.17) is 4.74 Å². The number of carbonyl (C=O) groups excluding carboxylic acids is 1. The van der Waals surface area contributed by atoms with Crippen molar-refractivity contribution in [3.05, 3.63) is 59.7 Å². The molecule has 0 aromatic heterocycles. The highest BCUT2D eigenvalue weighted by molar-refractivity contribution is 5.79. The Labute approximate surface area is 173 Å². The van der Waals surface area contributed by atoms with Gasteiger partial charge in [-0.25, -0.2) is 4.79 Å². The molecule has 1 unspecified atom stereocenters. The molecule has 2 aromatic rings.